The molecule has 0 aromatic rings. The number of hydrogen-bond acceptors (Lipinski definition) is 3. The maximum atomic E-state index is 12.4. The van der Waals surface area contributed by atoms with Crippen LogP contribution in [-0.4, -0.2) is 63.3 Å². The predicted octanol–water partition coefficient (Wildman–Crippen LogP) is 1.38. The number of nitrogens with zero attached hydrogens (tertiary/aromatic N) is 2. The Labute approximate surface area is 115 Å². The molecule has 2 amide bonds. The van der Waals surface area contributed by atoms with Crippen LogP contribution in [0.2, 0.25) is 0 Å². The fourth-order valence-electron chi connectivity index (χ4n) is 1.74. The molecule has 0 aromatic heterocycles. The first-order valence-corrected chi connectivity index (χ1v) is 6.62. The lowest BCUT2D eigenvalue weighted by atomic mass is 10.1. The van der Waals surface area contributed by atoms with Gasteiger partial charge >= 0.3 is 12.0 Å². The number of urea groups is 1. The third kappa shape index (κ3) is 6.42. The predicted molar refractivity (Wildman–Crippen MR) is 73.0 cm³/mol. The third-order valence-electron chi connectivity index (χ3n) is 2.90. The lowest BCUT2D eigenvalue weighted by Gasteiger charge is -2.35. The topological polar surface area (TPSA) is 81.1 Å². The van der Waals surface area contributed by atoms with E-state index in [0.717, 1.165) is 0 Å². The van der Waals surface area contributed by atoms with Crippen LogP contribution in [0.5, 0.6) is 0 Å². The van der Waals surface area contributed by atoms with E-state index in [-0.39, 0.29) is 25.2 Å². The lowest BCUT2D eigenvalue weighted by molar-refractivity contribution is -0.138. The smallest absolute Gasteiger partial charge is 0.323 e. The van der Waals surface area contributed by atoms with Gasteiger partial charge in [-0.25, -0.2) is 4.79 Å². The SMILES string of the molecule is CCC(C)N(CC(=O)O)C(=O)N(CC)CC(C)(C)O. The molecule has 0 radical (unpaired) electrons. The third-order valence-corrected chi connectivity index (χ3v) is 2.90. The van der Waals surface area contributed by atoms with Crippen molar-refractivity contribution in [2.24, 2.45) is 0 Å². The standard InChI is InChI=1S/C13H26N2O4/c1-6-10(3)15(8-11(16)17)12(18)14(7-2)9-13(4,5)19/h10,19H,6-9H2,1-5H3,(H,16,17). The molecule has 6 heteroatoms. The number of hydrogen-bond donors (Lipinski definition) is 2. The molecule has 1 atom stereocenters. The van der Waals surface area contributed by atoms with Crippen molar-refractivity contribution in [3.05, 3.63) is 0 Å². The number of aliphatic carboxylic acids is 1. The summed E-state index contributed by atoms with van der Waals surface area (Å²) in [6.07, 6.45) is 0.680. The molecule has 0 fully saturated rings. The van der Waals surface area contributed by atoms with E-state index in [0.29, 0.717) is 13.0 Å². The number of rotatable bonds is 7. The zero-order valence-electron chi connectivity index (χ0n) is 12.5. The number of aliphatic hydroxyl groups is 1. The van der Waals surface area contributed by atoms with Gasteiger partial charge in [0.15, 0.2) is 0 Å². The summed E-state index contributed by atoms with van der Waals surface area (Å²) in [4.78, 5) is 26.0. The minimum absolute atomic E-state index is 0.153. The second kappa shape index (κ2) is 7.33. The van der Waals surface area contributed by atoms with Crippen LogP contribution in [0, 0.1) is 0 Å². The van der Waals surface area contributed by atoms with Gasteiger partial charge in [-0.05, 0) is 34.1 Å². The van der Waals surface area contributed by atoms with Gasteiger partial charge in [-0.15, -0.1) is 0 Å². The molecule has 2 N–H and O–H groups in total. The van der Waals surface area contributed by atoms with Gasteiger partial charge in [0.25, 0.3) is 0 Å². The van der Waals surface area contributed by atoms with Crippen molar-refractivity contribution >= 4 is 12.0 Å². The van der Waals surface area contributed by atoms with Crippen molar-refractivity contribution in [2.45, 2.75) is 52.7 Å². The van der Waals surface area contributed by atoms with Crippen LogP contribution in [0.3, 0.4) is 0 Å². The molecule has 0 aliphatic heterocycles. The molecule has 1 unspecified atom stereocenters. The molecule has 0 spiro atoms. The summed E-state index contributed by atoms with van der Waals surface area (Å²) >= 11 is 0. The zero-order chi connectivity index (χ0) is 15.2. The van der Waals surface area contributed by atoms with Crippen molar-refractivity contribution in [3.8, 4) is 0 Å². The highest BCUT2D eigenvalue weighted by Gasteiger charge is 2.28. The summed E-state index contributed by atoms with van der Waals surface area (Å²) in [7, 11) is 0. The first kappa shape index (κ1) is 17.7. The van der Waals surface area contributed by atoms with Crippen molar-refractivity contribution in [1.82, 2.24) is 9.80 Å². The zero-order valence-corrected chi connectivity index (χ0v) is 12.5. The quantitative estimate of drug-likeness (QED) is 0.735. The molecule has 0 aromatic carbocycles. The van der Waals surface area contributed by atoms with E-state index in [4.69, 9.17) is 5.11 Å². The first-order chi connectivity index (χ1) is 8.62. The van der Waals surface area contributed by atoms with Crippen LogP contribution in [0.15, 0.2) is 0 Å². The van der Waals surface area contributed by atoms with Crippen molar-refractivity contribution < 1.29 is 19.8 Å². The average Bonchev–Trinajstić information content (AvgIpc) is 2.29. The number of carboxylic acids is 1. The van der Waals surface area contributed by atoms with Gasteiger partial charge in [-0.2, -0.15) is 0 Å². The van der Waals surface area contributed by atoms with Crippen LogP contribution in [0.25, 0.3) is 0 Å². The van der Waals surface area contributed by atoms with Crippen LogP contribution in [0.4, 0.5) is 4.79 Å². The van der Waals surface area contributed by atoms with E-state index in [1.54, 1.807) is 20.8 Å². The van der Waals surface area contributed by atoms with Crippen LogP contribution in [-0.2, 0) is 4.79 Å². The van der Waals surface area contributed by atoms with Crippen LogP contribution < -0.4 is 0 Å². The minimum Gasteiger partial charge on any atom is -0.480 e. The summed E-state index contributed by atoms with van der Waals surface area (Å²) in [6, 6.07) is -0.499. The van der Waals surface area contributed by atoms with Crippen LogP contribution >= 0.6 is 0 Å². The monoisotopic (exact) mass is 274 g/mol. The number of carbonyl (C=O) groups is 2. The molecular formula is C13H26N2O4. The van der Waals surface area contributed by atoms with Gasteiger partial charge in [0, 0.05) is 12.6 Å². The second-order valence-corrected chi connectivity index (χ2v) is 5.39. The number of carbonyl (C=O) groups excluding carboxylic acids is 1. The maximum Gasteiger partial charge on any atom is 0.323 e. The molecule has 0 heterocycles. The Morgan fingerprint density at radius 2 is 1.79 bits per heavy atom. The van der Waals surface area contributed by atoms with Gasteiger partial charge in [0.1, 0.15) is 6.54 Å². The van der Waals surface area contributed by atoms with Gasteiger partial charge in [-0.1, -0.05) is 6.92 Å². The Morgan fingerprint density at radius 1 is 1.26 bits per heavy atom. The van der Waals surface area contributed by atoms with Gasteiger partial charge < -0.3 is 20.0 Å². The minimum atomic E-state index is -1.03. The largest absolute Gasteiger partial charge is 0.480 e. The molecule has 19 heavy (non-hydrogen) atoms. The first-order valence-electron chi connectivity index (χ1n) is 6.62. The lowest BCUT2D eigenvalue weighted by Crippen LogP contribution is -2.52. The molecule has 0 aliphatic rings. The Hall–Kier alpha value is -1.30. The van der Waals surface area contributed by atoms with E-state index in [9.17, 15) is 14.7 Å². The van der Waals surface area contributed by atoms with Crippen molar-refractivity contribution in [3.63, 3.8) is 0 Å². The van der Waals surface area contributed by atoms with Crippen molar-refractivity contribution in [2.75, 3.05) is 19.6 Å². The van der Waals surface area contributed by atoms with E-state index in [2.05, 4.69) is 0 Å². The summed E-state index contributed by atoms with van der Waals surface area (Å²) in [5.41, 5.74) is -1.00. The second-order valence-electron chi connectivity index (χ2n) is 5.39. The average molecular weight is 274 g/mol. The van der Waals surface area contributed by atoms with Gasteiger partial charge in [0.2, 0.25) is 0 Å². The number of likely N-dealkylation sites (N-methyl/N-ethyl adjacent to an activating group) is 1. The van der Waals surface area contributed by atoms with E-state index >= 15 is 0 Å². The maximum absolute atomic E-state index is 12.4. The fourth-order valence-corrected chi connectivity index (χ4v) is 1.74. The molecule has 0 aliphatic carbocycles. The summed E-state index contributed by atoms with van der Waals surface area (Å²) in [6.45, 7) is 9.04. The van der Waals surface area contributed by atoms with Gasteiger partial charge in [-0.3, -0.25) is 4.79 Å². The number of amides is 2. The molecule has 0 saturated carbocycles. The van der Waals surface area contributed by atoms with E-state index in [1.165, 1.54) is 9.80 Å². The van der Waals surface area contributed by atoms with Crippen LogP contribution in [0.1, 0.15) is 41.0 Å². The normalized spacial score (nSPS) is 12.9. The number of carboxylic acid groups (broad SMARTS) is 1. The highest BCUT2D eigenvalue weighted by atomic mass is 16.4. The van der Waals surface area contributed by atoms with E-state index < -0.39 is 11.6 Å². The molecule has 112 valence electrons. The Morgan fingerprint density at radius 3 is 2.11 bits per heavy atom. The van der Waals surface area contributed by atoms with Gasteiger partial charge in [0.05, 0.1) is 12.1 Å². The summed E-state index contributed by atoms with van der Waals surface area (Å²) < 4.78 is 0. The highest BCUT2D eigenvalue weighted by Crippen LogP contribution is 2.11. The Balaban J connectivity index is 4.98. The molecular weight excluding hydrogens is 248 g/mol. The highest BCUT2D eigenvalue weighted by molar-refractivity contribution is 5.80. The summed E-state index contributed by atoms with van der Waals surface area (Å²) in [5, 5.41) is 18.7. The fraction of sp³-hybridized carbons (Fsp3) is 0.846. The molecule has 0 rings (SSSR count). The van der Waals surface area contributed by atoms with Crippen molar-refractivity contribution in [1.29, 1.82) is 0 Å². The molecule has 6 nitrogen and oxygen atoms in total. The van der Waals surface area contributed by atoms with E-state index in [1.807, 2.05) is 13.8 Å². The molecule has 0 saturated heterocycles. The molecule has 0 bridgehead atoms. The Bertz CT molecular complexity index is 312. The summed E-state index contributed by atoms with van der Waals surface area (Å²) in [5.74, 6) is -1.03. The Kier molecular flexibility index (Phi) is 6.83.